The predicted octanol–water partition coefficient (Wildman–Crippen LogP) is 10.8. The Labute approximate surface area is 270 Å². The van der Waals surface area contributed by atoms with Crippen molar-refractivity contribution in [2.45, 2.75) is 175 Å². The van der Waals surface area contributed by atoms with Crippen LogP contribution in [0.5, 0.6) is 0 Å². The van der Waals surface area contributed by atoms with Crippen molar-refractivity contribution < 1.29 is 18.8 Å². The molecule has 1 aromatic carbocycles. The monoisotopic (exact) mass is 606 g/mol. The van der Waals surface area contributed by atoms with Gasteiger partial charge in [0.05, 0.1) is 22.6 Å². The van der Waals surface area contributed by atoms with E-state index in [2.05, 4.69) is 113 Å². The smallest absolute Gasteiger partial charge is 0.403 e. The van der Waals surface area contributed by atoms with Gasteiger partial charge in [-0.3, -0.25) is 0 Å². The molecule has 4 rings (SSSR count). The quantitative estimate of drug-likeness (QED) is 0.185. The molecule has 0 radical (unpaired) electrons. The highest BCUT2D eigenvalue weighted by Gasteiger charge is 2.67. The molecule has 0 aromatic heterocycles. The van der Waals surface area contributed by atoms with Gasteiger partial charge < -0.3 is 18.8 Å². The van der Waals surface area contributed by atoms with Gasteiger partial charge in [-0.25, -0.2) is 0 Å². The lowest BCUT2D eigenvalue weighted by Gasteiger charge is -2.52. The molecule has 3 aliphatic rings. The number of hydrogen-bond donors (Lipinski definition) is 0. The summed E-state index contributed by atoms with van der Waals surface area (Å²) >= 11 is 0. The van der Waals surface area contributed by atoms with E-state index in [0.29, 0.717) is 0 Å². The van der Waals surface area contributed by atoms with Crippen LogP contribution in [0.2, 0.25) is 5.31 Å². The van der Waals surface area contributed by atoms with Gasteiger partial charge in [-0.2, -0.15) is 0 Å². The van der Waals surface area contributed by atoms with Crippen LogP contribution in [-0.4, -0.2) is 37.3 Å². The van der Waals surface area contributed by atoms with Crippen molar-refractivity contribution in [3.63, 3.8) is 0 Å². The highest BCUT2D eigenvalue weighted by atomic mass is 16.7. The molecular formula is C39H63BO4. The molecule has 0 spiro atoms. The maximum atomic E-state index is 7.24. The Balaban J connectivity index is 1.88. The molecule has 0 amide bonds. The van der Waals surface area contributed by atoms with Crippen LogP contribution in [0, 0.1) is 5.41 Å². The second kappa shape index (κ2) is 13.8. The van der Waals surface area contributed by atoms with Crippen LogP contribution < -0.4 is 0 Å². The number of allylic oxidation sites excluding steroid dienone is 2. The largest absolute Gasteiger partial charge is 0.472 e. The third-order valence-electron chi connectivity index (χ3n) is 10.7. The van der Waals surface area contributed by atoms with Crippen molar-refractivity contribution in [1.82, 2.24) is 0 Å². The third-order valence-corrected chi connectivity index (χ3v) is 10.7. The average Bonchev–Trinajstić information content (AvgIpc) is 3.17. The summed E-state index contributed by atoms with van der Waals surface area (Å²) in [6.07, 6.45) is 16.2. The molecule has 1 aliphatic carbocycles. The van der Waals surface area contributed by atoms with Crippen molar-refractivity contribution in [2.24, 2.45) is 5.41 Å². The molecule has 0 N–H and O–H groups in total. The second-order valence-corrected chi connectivity index (χ2v) is 16.8. The van der Waals surface area contributed by atoms with E-state index in [0.717, 1.165) is 32.3 Å². The Morgan fingerprint density at radius 1 is 0.886 bits per heavy atom. The van der Waals surface area contributed by atoms with E-state index in [1.165, 1.54) is 60.8 Å². The van der Waals surface area contributed by atoms with Crippen LogP contribution in [0.25, 0.3) is 5.57 Å². The Hall–Kier alpha value is -1.40. The lowest BCUT2D eigenvalue weighted by molar-refractivity contribution is -0.187. The van der Waals surface area contributed by atoms with Crippen molar-refractivity contribution in [3.8, 4) is 0 Å². The predicted molar refractivity (Wildman–Crippen MR) is 186 cm³/mol. The van der Waals surface area contributed by atoms with Crippen molar-refractivity contribution in [1.29, 1.82) is 0 Å². The molecule has 2 aliphatic heterocycles. The Bertz CT molecular complexity index is 1150. The number of benzene rings is 1. The van der Waals surface area contributed by atoms with Gasteiger partial charge in [0, 0.05) is 6.61 Å². The van der Waals surface area contributed by atoms with Gasteiger partial charge >= 0.3 is 7.12 Å². The highest BCUT2D eigenvalue weighted by Crippen LogP contribution is 2.63. The van der Waals surface area contributed by atoms with E-state index in [-0.39, 0.29) is 23.2 Å². The van der Waals surface area contributed by atoms with Crippen LogP contribution in [0.15, 0.2) is 42.0 Å². The summed E-state index contributed by atoms with van der Waals surface area (Å²) < 4.78 is 27.6. The molecule has 2 heterocycles. The number of rotatable bonds is 11. The summed E-state index contributed by atoms with van der Waals surface area (Å²) in [5.74, 6) is 0. The van der Waals surface area contributed by atoms with Crippen molar-refractivity contribution in [2.75, 3.05) is 6.61 Å². The molecule has 1 aromatic rings. The summed E-state index contributed by atoms with van der Waals surface area (Å²) in [6.45, 7) is 25.6. The number of hydrogen-bond acceptors (Lipinski definition) is 4. The van der Waals surface area contributed by atoms with Crippen molar-refractivity contribution in [3.05, 3.63) is 53.1 Å². The first-order chi connectivity index (χ1) is 20.5. The maximum absolute atomic E-state index is 7.24. The first-order valence-corrected chi connectivity index (χ1v) is 17.7. The van der Waals surface area contributed by atoms with Gasteiger partial charge in [-0.15, -0.1) is 0 Å². The molecule has 0 saturated carbocycles. The maximum Gasteiger partial charge on any atom is 0.472 e. The van der Waals surface area contributed by atoms with Crippen LogP contribution in [0.3, 0.4) is 0 Å². The normalized spacial score (nSPS) is 27.3. The first kappa shape index (κ1) is 35.5. The van der Waals surface area contributed by atoms with Gasteiger partial charge in [0.2, 0.25) is 0 Å². The van der Waals surface area contributed by atoms with E-state index >= 15 is 0 Å². The van der Waals surface area contributed by atoms with Crippen LogP contribution in [0.4, 0.5) is 0 Å². The minimum atomic E-state index is -0.585. The zero-order valence-electron chi connectivity index (χ0n) is 30.1. The highest BCUT2D eigenvalue weighted by molar-refractivity contribution is 6.51. The van der Waals surface area contributed by atoms with Crippen LogP contribution in [0.1, 0.15) is 151 Å². The molecule has 246 valence electrons. The average molecular weight is 607 g/mol. The first-order valence-electron chi connectivity index (χ1n) is 17.7. The fourth-order valence-corrected chi connectivity index (χ4v) is 6.96. The minimum Gasteiger partial charge on any atom is -0.403 e. The summed E-state index contributed by atoms with van der Waals surface area (Å²) in [4.78, 5) is 0. The lowest BCUT2D eigenvalue weighted by atomic mass is 9.41. The Morgan fingerprint density at radius 2 is 1.55 bits per heavy atom. The van der Waals surface area contributed by atoms with E-state index < -0.39 is 23.6 Å². The molecule has 2 saturated heterocycles. The summed E-state index contributed by atoms with van der Waals surface area (Å²) in [6, 6.07) is 9.12. The molecule has 3 atom stereocenters. The zero-order chi connectivity index (χ0) is 32.4. The number of unbranched alkanes of at least 4 members (excludes halogenated alkanes) is 5. The Kier molecular flexibility index (Phi) is 11.1. The van der Waals surface area contributed by atoms with E-state index in [1.807, 2.05) is 0 Å². The summed E-state index contributed by atoms with van der Waals surface area (Å²) in [5, 5.41) is -0.585. The fourth-order valence-electron chi connectivity index (χ4n) is 6.96. The minimum absolute atomic E-state index is 0.0398. The van der Waals surface area contributed by atoms with E-state index in [9.17, 15) is 0 Å². The molecular weight excluding hydrogens is 543 g/mol. The molecule has 44 heavy (non-hydrogen) atoms. The third kappa shape index (κ3) is 7.59. The molecule has 0 bridgehead atoms. The summed E-state index contributed by atoms with van der Waals surface area (Å²) in [5.41, 5.74) is 4.01. The van der Waals surface area contributed by atoms with Gasteiger partial charge in [0.1, 0.15) is 0 Å². The summed E-state index contributed by atoms with van der Waals surface area (Å²) in [7, 11) is -0.477. The van der Waals surface area contributed by atoms with E-state index in [1.54, 1.807) is 0 Å². The Morgan fingerprint density at radius 3 is 2.14 bits per heavy atom. The standard InChI is InChI=1S/C39H63BO4/c1-12-13-14-15-16-17-21-29-26-32(30-22-20-23-31(27-30)35(2,3)4)34(42-33-24-18-19-25-41-33)39(28-29,36(5,6)7)40-43-37(8,9)38(10,11)44-40/h20,22-23,26-28,33-34H,12-19,21,24-25H2,1-11H3. The van der Waals surface area contributed by atoms with Gasteiger partial charge in [-0.05, 0) is 87.3 Å². The fraction of sp³-hybridized carbons (Fsp3) is 0.744. The lowest BCUT2D eigenvalue weighted by Crippen LogP contribution is -2.54. The zero-order valence-corrected chi connectivity index (χ0v) is 30.1. The molecule has 2 fully saturated rings. The van der Waals surface area contributed by atoms with Crippen LogP contribution in [-0.2, 0) is 24.2 Å². The number of ether oxygens (including phenoxy) is 2. The van der Waals surface area contributed by atoms with Crippen LogP contribution >= 0.6 is 0 Å². The molecule has 3 unspecified atom stereocenters. The second-order valence-electron chi connectivity index (χ2n) is 16.8. The SMILES string of the molecule is CCCCCCCCC1=CC(B2OC(C)(C)C(C)(C)O2)(C(C)(C)C)C(OC2CCCCO2)C(c2cccc(C(C)(C)C)c2)=C1. The van der Waals surface area contributed by atoms with Crippen molar-refractivity contribution >= 4 is 12.7 Å². The van der Waals surface area contributed by atoms with E-state index in [4.69, 9.17) is 18.8 Å². The molecule has 5 heteroatoms. The van der Waals surface area contributed by atoms with Gasteiger partial charge in [-0.1, -0.05) is 123 Å². The topological polar surface area (TPSA) is 36.9 Å². The van der Waals surface area contributed by atoms with Gasteiger partial charge in [0.15, 0.2) is 6.29 Å². The van der Waals surface area contributed by atoms with Gasteiger partial charge in [0.25, 0.3) is 0 Å². The molecule has 4 nitrogen and oxygen atoms in total.